The van der Waals surface area contributed by atoms with Gasteiger partial charge >= 0.3 is 0 Å². The molecule has 0 bridgehead atoms. The lowest BCUT2D eigenvalue weighted by molar-refractivity contribution is -0.110. The summed E-state index contributed by atoms with van der Waals surface area (Å²) in [6.45, 7) is 0. The molecule has 6 nitrogen and oxygen atoms in total. The highest BCUT2D eigenvalue weighted by Crippen LogP contribution is 2.38. The number of hydrogen-bond donors (Lipinski definition) is 1. The molecule has 0 aliphatic carbocycles. The molecule has 2 aromatic rings. The quantitative estimate of drug-likeness (QED) is 0.714. The van der Waals surface area contributed by atoms with Crippen molar-refractivity contribution in [3.05, 3.63) is 53.6 Å². The van der Waals surface area contributed by atoms with E-state index in [9.17, 15) is 9.90 Å². The highest BCUT2D eigenvalue weighted by Gasteiger charge is 2.12. The minimum absolute atomic E-state index is 0.0139. The largest absolute Gasteiger partial charge is 0.504 e. The first-order valence-electron chi connectivity index (χ1n) is 8.09. The van der Waals surface area contributed by atoms with Crippen LogP contribution in [0, 0.1) is 0 Å². The molecular formula is C21H22O6. The molecule has 2 rings (SSSR count). The second-order valence-corrected chi connectivity index (χ2v) is 5.46. The number of allylic oxidation sites excluding steroid dienone is 2. The van der Waals surface area contributed by atoms with Crippen LogP contribution in [0.25, 0.3) is 12.2 Å². The van der Waals surface area contributed by atoms with E-state index in [1.54, 1.807) is 36.4 Å². The van der Waals surface area contributed by atoms with Gasteiger partial charge in [-0.15, -0.1) is 0 Å². The predicted molar refractivity (Wildman–Crippen MR) is 104 cm³/mol. The lowest BCUT2D eigenvalue weighted by atomic mass is 10.1. The summed E-state index contributed by atoms with van der Waals surface area (Å²) in [5.74, 6) is 1.68. The number of rotatable bonds is 8. The topological polar surface area (TPSA) is 74.2 Å². The molecule has 0 saturated heterocycles. The van der Waals surface area contributed by atoms with Crippen LogP contribution >= 0.6 is 0 Å². The standard InChI is InChI=1S/C21H22O6/c1-24-18-10-7-14(11-17(18)23)5-8-16(22)9-6-15-12-19(25-2)21(27-4)20(13-15)26-3/h5-13,23H,1-4H3/b8-5+,9-6+. The van der Waals surface area contributed by atoms with Crippen molar-refractivity contribution in [2.24, 2.45) is 0 Å². The SMILES string of the molecule is COc1ccc(/C=C/C(=O)/C=C/c2cc(OC)c(OC)c(OC)c2)cc1O. The Morgan fingerprint density at radius 3 is 1.81 bits per heavy atom. The number of benzene rings is 2. The number of phenols is 1. The van der Waals surface area contributed by atoms with Crippen molar-refractivity contribution in [1.29, 1.82) is 0 Å². The second-order valence-electron chi connectivity index (χ2n) is 5.46. The minimum Gasteiger partial charge on any atom is -0.504 e. The van der Waals surface area contributed by atoms with Crippen LogP contribution in [-0.2, 0) is 4.79 Å². The Balaban J connectivity index is 2.15. The molecule has 0 aliphatic heterocycles. The Labute approximate surface area is 158 Å². The van der Waals surface area contributed by atoms with E-state index < -0.39 is 0 Å². The van der Waals surface area contributed by atoms with Crippen LogP contribution in [-0.4, -0.2) is 39.3 Å². The Kier molecular flexibility index (Phi) is 6.88. The lowest BCUT2D eigenvalue weighted by Crippen LogP contribution is -1.95. The van der Waals surface area contributed by atoms with E-state index >= 15 is 0 Å². The summed E-state index contributed by atoms with van der Waals surface area (Å²) in [6, 6.07) is 8.38. The van der Waals surface area contributed by atoms with Crippen molar-refractivity contribution in [3.8, 4) is 28.7 Å². The third-order valence-corrected chi connectivity index (χ3v) is 3.77. The normalized spacial score (nSPS) is 11.0. The van der Waals surface area contributed by atoms with Crippen LogP contribution in [0.1, 0.15) is 11.1 Å². The first kappa shape index (κ1) is 19.9. The molecule has 0 saturated carbocycles. The number of methoxy groups -OCH3 is 4. The minimum atomic E-state index is -0.209. The zero-order valence-corrected chi connectivity index (χ0v) is 15.7. The molecule has 0 spiro atoms. The van der Waals surface area contributed by atoms with Gasteiger partial charge in [0.05, 0.1) is 28.4 Å². The van der Waals surface area contributed by atoms with Crippen LogP contribution in [0.15, 0.2) is 42.5 Å². The van der Waals surface area contributed by atoms with Crippen LogP contribution < -0.4 is 18.9 Å². The van der Waals surface area contributed by atoms with E-state index in [2.05, 4.69) is 0 Å². The van der Waals surface area contributed by atoms with Crippen LogP contribution in [0.3, 0.4) is 0 Å². The number of phenolic OH excluding ortho intramolecular Hbond substituents is 1. The van der Waals surface area contributed by atoms with Gasteiger partial charge in [0.1, 0.15) is 0 Å². The molecule has 0 fully saturated rings. The molecule has 0 atom stereocenters. The monoisotopic (exact) mass is 370 g/mol. The Morgan fingerprint density at radius 2 is 1.33 bits per heavy atom. The van der Waals surface area contributed by atoms with Crippen molar-refractivity contribution in [2.45, 2.75) is 0 Å². The van der Waals surface area contributed by atoms with Crippen LogP contribution in [0.2, 0.25) is 0 Å². The third-order valence-electron chi connectivity index (χ3n) is 3.77. The molecule has 27 heavy (non-hydrogen) atoms. The number of aromatic hydroxyl groups is 1. The average molecular weight is 370 g/mol. The third kappa shape index (κ3) is 5.04. The number of carbonyl (C=O) groups is 1. The Hall–Kier alpha value is -3.41. The van der Waals surface area contributed by atoms with Crippen molar-refractivity contribution in [1.82, 2.24) is 0 Å². The van der Waals surface area contributed by atoms with Crippen molar-refractivity contribution >= 4 is 17.9 Å². The van der Waals surface area contributed by atoms with Crippen molar-refractivity contribution in [3.63, 3.8) is 0 Å². The molecule has 0 radical (unpaired) electrons. The smallest absolute Gasteiger partial charge is 0.203 e. The molecule has 0 amide bonds. The van der Waals surface area contributed by atoms with Crippen LogP contribution in [0.4, 0.5) is 0 Å². The van der Waals surface area contributed by atoms with E-state index in [4.69, 9.17) is 18.9 Å². The van der Waals surface area contributed by atoms with E-state index in [1.165, 1.54) is 46.7 Å². The van der Waals surface area contributed by atoms with Gasteiger partial charge < -0.3 is 24.1 Å². The predicted octanol–water partition coefficient (Wildman–Crippen LogP) is 3.72. The van der Waals surface area contributed by atoms with E-state index in [1.807, 2.05) is 0 Å². The number of ketones is 1. The molecule has 0 aromatic heterocycles. The number of ether oxygens (including phenoxy) is 4. The average Bonchev–Trinajstić information content (AvgIpc) is 2.69. The summed E-state index contributed by atoms with van der Waals surface area (Å²) in [6.07, 6.45) is 6.11. The summed E-state index contributed by atoms with van der Waals surface area (Å²) < 4.78 is 20.8. The Morgan fingerprint density at radius 1 is 0.778 bits per heavy atom. The van der Waals surface area contributed by atoms with Gasteiger partial charge in [0.15, 0.2) is 28.8 Å². The summed E-state index contributed by atoms with van der Waals surface area (Å²) in [5, 5.41) is 9.76. The highest BCUT2D eigenvalue weighted by molar-refractivity contribution is 6.04. The first-order chi connectivity index (χ1) is 13.0. The van der Waals surface area contributed by atoms with Gasteiger partial charge in [0.25, 0.3) is 0 Å². The molecule has 6 heteroatoms. The fraction of sp³-hybridized carbons (Fsp3) is 0.190. The second kappa shape index (κ2) is 9.33. The van der Waals surface area contributed by atoms with E-state index in [0.29, 0.717) is 28.6 Å². The van der Waals surface area contributed by atoms with Gasteiger partial charge in [-0.25, -0.2) is 0 Å². The molecule has 0 unspecified atom stereocenters. The highest BCUT2D eigenvalue weighted by atomic mass is 16.5. The van der Waals surface area contributed by atoms with E-state index in [-0.39, 0.29) is 11.5 Å². The molecular weight excluding hydrogens is 348 g/mol. The van der Waals surface area contributed by atoms with Gasteiger partial charge in [0, 0.05) is 0 Å². The fourth-order valence-corrected chi connectivity index (χ4v) is 2.42. The van der Waals surface area contributed by atoms with Gasteiger partial charge in [-0.05, 0) is 47.5 Å². The molecule has 2 aromatic carbocycles. The summed E-state index contributed by atoms with van der Waals surface area (Å²) >= 11 is 0. The lowest BCUT2D eigenvalue weighted by Gasteiger charge is -2.12. The van der Waals surface area contributed by atoms with Crippen LogP contribution in [0.5, 0.6) is 28.7 Å². The molecule has 1 N–H and O–H groups in total. The molecule has 0 aliphatic rings. The molecule has 142 valence electrons. The maximum atomic E-state index is 12.1. The fourth-order valence-electron chi connectivity index (χ4n) is 2.42. The Bertz CT molecular complexity index is 842. The van der Waals surface area contributed by atoms with Gasteiger partial charge in [-0.2, -0.15) is 0 Å². The summed E-state index contributed by atoms with van der Waals surface area (Å²) in [5.41, 5.74) is 1.41. The molecule has 0 heterocycles. The summed E-state index contributed by atoms with van der Waals surface area (Å²) in [7, 11) is 6.06. The van der Waals surface area contributed by atoms with Crippen molar-refractivity contribution in [2.75, 3.05) is 28.4 Å². The summed E-state index contributed by atoms with van der Waals surface area (Å²) in [4.78, 5) is 12.1. The van der Waals surface area contributed by atoms with Gasteiger partial charge in [-0.3, -0.25) is 4.79 Å². The maximum Gasteiger partial charge on any atom is 0.203 e. The van der Waals surface area contributed by atoms with Gasteiger partial charge in [0.2, 0.25) is 5.75 Å². The zero-order chi connectivity index (χ0) is 19.8. The first-order valence-corrected chi connectivity index (χ1v) is 8.09. The maximum absolute atomic E-state index is 12.1. The van der Waals surface area contributed by atoms with Crippen molar-refractivity contribution < 1.29 is 28.8 Å². The zero-order valence-electron chi connectivity index (χ0n) is 15.7. The number of hydrogen-bond acceptors (Lipinski definition) is 6. The number of carbonyl (C=O) groups excluding carboxylic acids is 1. The van der Waals surface area contributed by atoms with E-state index in [0.717, 1.165) is 5.56 Å². The van der Waals surface area contributed by atoms with Gasteiger partial charge in [-0.1, -0.05) is 18.2 Å².